The monoisotopic (exact) mass is 351 g/mol. The van der Waals surface area contributed by atoms with E-state index in [1.807, 2.05) is 0 Å². The molecule has 0 aliphatic carbocycles. The van der Waals surface area contributed by atoms with Crippen LogP contribution in [0.15, 0.2) is 41.2 Å². The first-order valence-electron chi connectivity index (χ1n) is 6.38. The Hall–Kier alpha value is -2.57. The number of hydrogen-bond acceptors (Lipinski definition) is 3. The van der Waals surface area contributed by atoms with Gasteiger partial charge in [-0.2, -0.15) is 0 Å². The van der Waals surface area contributed by atoms with Crippen LogP contribution in [0.1, 0.15) is 10.4 Å². The molecule has 3 rings (SSSR count). The van der Waals surface area contributed by atoms with Crippen LogP contribution in [-0.4, -0.2) is 20.7 Å². The summed E-state index contributed by atoms with van der Waals surface area (Å²) in [7, 11) is 0. The van der Waals surface area contributed by atoms with Gasteiger partial charge in [-0.15, -0.1) is 4.57 Å². The van der Waals surface area contributed by atoms with Crippen molar-refractivity contribution < 1.29 is 20.0 Å². The van der Waals surface area contributed by atoms with Gasteiger partial charge in [-0.25, -0.2) is 14.6 Å². The van der Waals surface area contributed by atoms with Gasteiger partial charge in [0.25, 0.3) is 0 Å². The lowest BCUT2D eigenvalue weighted by Gasteiger charge is -2.04. The first-order valence-corrected chi connectivity index (χ1v) is 7.14. The van der Waals surface area contributed by atoms with E-state index in [-0.39, 0.29) is 21.5 Å². The van der Waals surface area contributed by atoms with Crippen molar-refractivity contribution in [2.75, 3.05) is 0 Å². The Bertz CT molecular complexity index is 1010. The van der Waals surface area contributed by atoms with Gasteiger partial charge in [0.1, 0.15) is 16.6 Å². The molecule has 0 saturated carbocycles. The summed E-state index contributed by atoms with van der Waals surface area (Å²) in [6.07, 6.45) is 0. The van der Waals surface area contributed by atoms with Crippen LogP contribution in [0.25, 0.3) is 16.6 Å². The van der Waals surface area contributed by atoms with Crippen molar-refractivity contribution in [1.29, 1.82) is 0 Å². The largest absolute Gasteiger partial charge is 0.478 e. The molecule has 0 spiro atoms. The van der Waals surface area contributed by atoms with Gasteiger partial charge in [0.15, 0.2) is 0 Å². The van der Waals surface area contributed by atoms with Crippen LogP contribution in [-0.2, 0) is 0 Å². The molecule has 116 valence electrons. The number of carbonyl (C=O) groups is 1. The molecule has 0 unspecified atom stereocenters. The number of aromatic carboxylic acids is 1. The fourth-order valence-electron chi connectivity index (χ4n) is 2.22. The maximum atomic E-state index is 12.6. The zero-order valence-corrected chi connectivity index (χ0v) is 12.9. The van der Waals surface area contributed by atoms with Crippen molar-refractivity contribution in [2.24, 2.45) is 0 Å². The van der Waals surface area contributed by atoms with Gasteiger partial charge in [-0.3, -0.25) is 0 Å². The summed E-state index contributed by atoms with van der Waals surface area (Å²) in [4.78, 5) is 26.2. The number of aromatic nitrogens is 2. The van der Waals surface area contributed by atoms with E-state index >= 15 is 0 Å². The molecule has 0 saturated heterocycles. The molecule has 0 atom stereocenters. The summed E-state index contributed by atoms with van der Waals surface area (Å²) in [5.74, 6) is -1.13. The van der Waals surface area contributed by atoms with Crippen molar-refractivity contribution in [2.45, 2.75) is 0 Å². The second kappa shape index (κ2) is 5.57. The summed E-state index contributed by atoms with van der Waals surface area (Å²) in [6.45, 7) is 0. The zero-order valence-electron chi connectivity index (χ0n) is 11.4. The Morgan fingerprint density at radius 3 is 2.48 bits per heavy atom. The third-order valence-corrected chi connectivity index (χ3v) is 4.06. The smallest absolute Gasteiger partial charge is 0.460 e. The average molecular weight is 352 g/mol. The van der Waals surface area contributed by atoms with E-state index < -0.39 is 17.5 Å². The molecule has 23 heavy (non-hydrogen) atoms. The molecule has 2 aromatic carbocycles. The first-order chi connectivity index (χ1) is 10.9. The van der Waals surface area contributed by atoms with E-state index in [2.05, 4.69) is 4.98 Å². The van der Waals surface area contributed by atoms with Crippen LogP contribution < -0.4 is 10.5 Å². The lowest BCUT2D eigenvalue weighted by atomic mass is 10.1. The molecule has 1 aromatic heterocycles. The van der Waals surface area contributed by atoms with E-state index in [0.717, 1.165) is 4.57 Å². The van der Waals surface area contributed by atoms with Gasteiger partial charge >= 0.3 is 17.5 Å². The highest BCUT2D eigenvalue weighted by Gasteiger charge is 2.21. The molecular weight excluding hydrogens is 343 g/mol. The third kappa shape index (κ3) is 2.62. The van der Waals surface area contributed by atoms with Crippen LogP contribution in [0.5, 0.6) is 6.01 Å². The minimum atomic E-state index is -1.13. The van der Waals surface area contributed by atoms with Crippen LogP contribution in [0.4, 0.5) is 0 Å². The number of carboxylic acid groups (broad SMARTS) is 1. The maximum absolute atomic E-state index is 12.6. The molecule has 0 fully saturated rings. The number of rotatable bonds is 2. The number of H-pyrrole nitrogens is 1. The first kappa shape index (κ1) is 15.3. The summed E-state index contributed by atoms with van der Waals surface area (Å²) < 4.78 is 1.02. The van der Waals surface area contributed by atoms with Gasteiger partial charge in [0.2, 0.25) is 0 Å². The highest BCUT2D eigenvalue weighted by atomic mass is 35.5. The fraction of sp³-hybridized carbons (Fsp3) is 0. The van der Waals surface area contributed by atoms with Gasteiger partial charge < -0.3 is 10.2 Å². The lowest BCUT2D eigenvalue weighted by Crippen LogP contribution is -2.26. The van der Waals surface area contributed by atoms with Crippen molar-refractivity contribution in [1.82, 2.24) is 4.57 Å². The Morgan fingerprint density at radius 1 is 1.09 bits per heavy atom. The number of benzene rings is 2. The normalized spacial score (nSPS) is 10.9. The predicted octanol–water partition coefficient (Wildman–Crippen LogP) is 2.52. The second-order valence-electron chi connectivity index (χ2n) is 4.75. The Morgan fingerprint density at radius 2 is 1.83 bits per heavy atom. The summed E-state index contributed by atoms with van der Waals surface area (Å²) in [5, 5.41) is 19.9. The van der Waals surface area contributed by atoms with Crippen molar-refractivity contribution in [3.63, 3.8) is 0 Å². The number of nitrogens with zero attached hydrogens (tertiary/aromatic N) is 1. The van der Waals surface area contributed by atoms with Crippen LogP contribution in [0, 0.1) is 0 Å². The topological polar surface area (TPSA) is 93.7 Å². The van der Waals surface area contributed by atoms with E-state index in [0.29, 0.717) is 10.7 Å². The number of aromatic hydroxyl groups is 1. The fourth-order valence-corrected chi connectivity index (χ4v) is 2.52. The molecule has 0 aliphatic heterocycles. The minimum absolute atomic E-state index is 0.000151. The highest BCUT2D eigenvalue weighted by Crippen LogP contribution is 2.25. The summed E-state index contributed by atoms with van der Waals surface area (Å²) in [5.41, 5.74) is 0.0116. The third-order valence-electron chi connectivity index (χ3n) is 3.32. The molecular formula is C15H9Cl2N2O4+. The molecule has 3 aromatic rings. The van der Waals surface area contributed by atoms with Crippen LogP contribution in [0.2, 0.25) is 10.0 Å². The quantitative estimate of drug-likeness (QED) is 0.741. The number of nitrogens with one attached hydrogen (secondary N) is 1. The molecule has 8 heteroatoms. The molecule has 6 nitrogen and oxygen atoms in total. The molecule has 3 N–H and O–H groups in total. The average Bonchev–Trinajstić information content (AvgIpc) is 2.50. The predicted molar refractivity (Wildman–Crippen MR) is 84.7 cm³/mol. The van der Waals surface area contributed by atoms with E-state index in [9.17, 15) is 14.7 Å². The Kier molecular flexibility index (Phi) is 3.71. The number of hydrogen-bond donors (Lipinski definition) is 2. The van der Waals surface area contributed by atoms with Gasteiger partial charge in [0.05, 0.1) is 15.6 Å². The molecule has 1 heterocycles. The second-order valence-corrected chi connectivity index (χ2v) is 5.57. The van der Waals surface area contributed by atoms with E-state index in [4.69, 9.17) is 28.3 Å². The van der Waals surface area contributed by atoms with Crippen molar-refractivity contribution >= 4 is 40.1 Å². The number of carboxylic acids is 1. The van der Waals surface area contributed by atoms with Gasteiger partial charge in [-0.05, 0) is 24.3 Å². The molecule has 0 bridgehead atoms. The minimum Gasteiger partial charge on any atom is -0.478 e. The van der Waals surface area contributed by atoms with E-state index in [1.54, 1.807) is 0 Å². The summed E-state index contributed by atoms with van der Waals surface area (Å²) in [6, 6.07) is 7.99. The maximum Gasteiger partial charge on any atom is 0.460 e. The Labute approximate surface area is 139 Å². The van der Waals surface area contributed by atoms with E-state index in [1.165, 1.54) is 36.4 Å². The highest BCUT2D eigenvalue weighted by molar-refractivity contribution is 6.42. The van der Waals surface area contributed by atoms with Crippen LogP contribution >= 0.6 is 23.2 Å². The SMILES string of the molecule is O=C(O)c1ccc2c(=O)n(-c3ccc(Cl)c(Cl)c3)c(O)[nH+]c2c1. The molecule has 0 radical (unpaired) electrons. The number of halogens is 2. The van der Waals surface area contributed by atoms with Gasteiger partial charge in [-0.1, -0.05) is 23.2 Å². The zero-order chi connectivity index (χ0) is 16.7. The molecule has 0 aliphatic rings. The summed E-state index contributed by atoms with van der Waals surface area (Å²) >= 11 is 11.8. The number of aromatic amines is 1. The van der Waals surface area contributed by atoms with Crippen molar-refractivity contribution in [3.8, 4) is 11.7 Å². The molecule has 0 amide bonds. The lowest BCUT2D eigenvalue weighted by molar-refractivity contribution is -0.370. The number of fused-ring (bicyclic) bond motifs is 1. The Balaban J connectivity index is 2.30. The van der Waals surface area contributed by atoms with Gasteiger partial charge in [0, 0.05) is 12.1 Å². The van der Waals surface area contributed by atoms with Crippen LogP contribution in [0.3, 0.4) is 0 Å². The van der Waals surface area contributed by atoms with Crippen molar-refractivity contribution in [3.05, 3.63) is 62.4 Å². The standard InChI is InChI=1S/C15H8Cl2N2O4/c16-10-4-2-8(6-11(10)17)19-13(20)9-3-1-7(14(21)22)5-12(9)18-15(19)23/h1-6H,(H,18,23)(H,21,22)/p+1.